The van der Waals surface area contributed by atoms with E-state index in [1.165, 1.54) is 11.8 Å². The van der Waals surface area contributed by atoms with E-state index in [4.69, 9.17) is 34.8 Å². The van der Waals surface area contributed by atoms with Gasteiger partial charge in [0.2, 0.25) is 5.91 Å². The van der Waals surface area contributed by atoms with Crippen LogP contribution in [0.15, 0.2) is 47.6 Å². The van der Waals surface area contributed by atoms with Gasteiger partial charge in [-0.05, 0) is 50.1 Å². The number of thioether (sulfide) groups is 1. The number of nitrogens with one attached hydrogen (secondary N) is 1. The molecule has 3 rings (SSSR count). The summed E-state index contributed by atoms with van der Waals surface area (Å²) in [5, 5.41) is 13.9. The number of halogens is 3. The van der Waals surface area contributed by atoms with Crippen LogP contribution in [0.1, 0.15) is 33.1 Å². The zero-order chi connectivity index (χ0) is 22.4. The van der Waals surface area contributed by atoms with Crippen LogP contribution >= 0.6 is 46.6 Å². The second-order valence-electron chi connectivity index (χ2n) is 7.05. The maximum absolute atomic E-state index is 12.0. The number of hydrogen-bond acceptors (Lipinski definition) is 4. The van der Waals surface area contributed by atoms with Crippen molar-refractivity contribution >= 4 is 52.5 Å². The minimum Gasteiger partial charge on any atom is -0.354 e. The Morgan fingerprint density at radius 2 is 1.87 bits per heavy atom. The molecule has 0 fully saturated rings. The fourth-order valence-corrected chi connectivity index (χ4v) is 4.29. The van der Waals surface area contributed by atoms with Crippen molar-refractivity contribution in [2.75, 3.05) is 5.75 Å². The number of amides is 1. The Morgan fingerprint density at radius 3 is 2.58 bits per heavy atom. The van der Waals surface area contributed by atoms with Crippen molar-refractivity contribution in [3.63, 3.8) is 0 Å². The lowest BCUT2D eigenvalue weighted by Crippen LogP contribution is -2.31. The molecule has 0 aliphatic rings. The van der Waals surface area contributed by atoms with Gasteiger partial charge in [0.15, 0.2) is 11.0 Å². The van der Waals surface area contributed by atoms with Gasteiger partial charge in [0.05, 0.1) is 20.8 Å². The summed E-state index contributed by atoms with van der Waals surface area (Å²) in [5.41, 5.74) is 1.55. The second-order valence-corrected chi connectivity index (χ2v) is 9.33. The van der Waals surface area contributed by atoms with E-state index in [2.05, 4.69) is 15.5 Å². The molecule has 164 valence electrons. The summed E-state index contributed by atoms with van der Waals surface area (Å²) < 4.78 is 1.91. The highest BCUT2D eigenvalue weighted by Crippen LogP contribution is 2.34. The topological polar surface area (TPSA) is 59.8 Å². The summed E-state index contributed by atoms with van der Waals surface area (Å²) in [6, 6.07) is 13.0. The van der Waals surface area contributed by atoms with Crippen LogP contribution in [0.2, 0.25) is 15.1 Å². The minimum atomic E-state index is 0.0673. The fraction of sp³-hybridized carbons (Fsp3) is 0.318. The Kier molecular flexibility index (Phi) is 8.67. The van der Waals surface area contributed by atoms with Crippen LogP contribution in [-0.4, -0.2) is 32.5 Å². The molecule has 1 heterocycles. The maximum Gasteiger partial charge on any atom is 0.220 e. The van der Waals surface area contributed by atoms with Crippen molar-refractivity contribution < 1.29 is 4.79 Å². The van der Waals surface area contributed by atoms with Gasteiger partial charge in [0.25, 0.3) is 0 Å². The summed E-state index contributed by atoms with van der Waals surface area (Å²) >= 11 is 20.3. The fourth-order valence-electron chi connectivity index (χ4n) is 2.88. The SMILES string of the molecule is CCC(C)NC(=O)CCCSc1nnc(-c2ccccc2Cl)n1-c1ccc(Cl)c(Cl)c1. The van der Waals surface area contributed by atoms with Gasteiger partial charge in [-0.25, -0.2) is 0 Å². The highest BCUT2D eigenvalue weighted by atomic mass is 35.5. The predicted octanol–water partition coefficient (Wildman–Crippen LogP) is 6.68. The number of carbonyl (C=O) groups excluding carboxylic acids is 1. The van der Waals surface area contributed by atoms with Crippen LogP contribution in [0.25, 0.3) is 17.1 Å². The molecule has 1 aromatic heterocycles. The van der Waals surface area contributed by atoms with Gasteiger partial charge < -0.3 is 5.32 Å². The molecule has 31 heavy (non-hydrogen) atoms. The van der Waals surface area contributed by atoms with E-state index >= 15 is 0 Å². The van der Waals surface area contributed by atoms with Gasteiger partial charge in [-0.2, -0.15) is 0 Å². The largest absolute Gasteiger partial charge is 0.354 e. The Labute approximate surface area is 201 Å². The van der Waals surface area contributed by atoms with E-state index in [0.717, 1.165) is 29.8 Å². The summed E-state index contributed by atoms with van der Waals surface area (Å²) in [6.45, 7) is 4.05. The van der Waals surface area contributed by atoms with Crippen LogP contribution in [-0.2, 0) is 4.79 Å². The summed E-state index contributed by atoms with van der Waals surface area (Å²) in [5.74, 6) is 1.40. The number of benzene rings is 2. The standard InChI is InChI=1S/C22H23Cl3N4OS/c1-3-14(2)26-20(30)9-6-12-31-22-28-27-21(16-7-4-5-8-17(16)23)29(22)15-10-11-18(24)19(25)13-15/h4-5,7-8,10-11,13-14H,3,6,9,12H2,1-2H3,(H,26,30). The third-order valence-corrected chi connectivity index (χ3v) is 6.79. The second kappa shape index (κ2) is 11.2. The van der Waals surface area contributed by atoms with Crippen molar-refractivity contribution in [1.29, 1.82) is 0 Å². The first-order valence-corrected chi connectivity index (χ1v) is 12.1. The normalized spacial score (nSPS) is 12.0. The maximum atomic E-state index is 12.0. The first kappa shape index (κ1) is 23.9. The number of carbonyl (C=O) groups is 1. The molecule has 1 atom stereocenters. The van der Waals surface area contributed by atoms with Crippen LogP contribution in [0, 0.1) is 0 Å². The molecule has 3 aromatic rings. The first-order valence-electron chi connectivity index (χ1n) is 9.98. The molecule has 0 bridgehead atoms. The monoisotopic (exact) mass is 496 g/mol. The van der Waals surface area contributed by atoms with Crippen LogP contribution in [0.3, 0.4) is 0 Å². The van der Waals surface area contributed by atoms with Crippen molar-refractivity contribution in [2.24, 2.45) is 0 Å². The molecule has 9 heteroatoms. The van der Waals surface area contributed by atoms with Gasteiger partial charge in [0, 0.05) is 23.8 Å². The van der Waals surface area contributed by atoms with Gasteiger partial charge in [-0.15, -0.1) is 10.2 Å². The van der Waals surface area contributed by atoms with Crippen molar-refractivity contribution in [3.05, 3.63) is 57.5 Å². The van der Waals surface area contributed by atoms with E-state index in [0.29, 0.717) is 32.5 Å². The molecule has 0 radical (unpaired) electrons. The average Bonchev–Trinajstić information content (AvgIpc) is 3.17. The van der Waals surface area contributed by atoms with E-state index in [-0.39, 0.29) is 11.9 Å². The van der Waals surface area contributed by atoms with E-state index < -0.39 is 0 Å². The molecule has 0 saturated heterocycles. The van der Waals surface area contributed by atoms with Crippen molar-refractivity contribution in [3.8, 4) is 17.1 Å². The molecule has 5 nitrogen and oxygen atoms in total. The smallest absolute Gasteiger partial charge is 0.220 e. The van der Waals surface area contributed by atoms with Gasteiger partial charge in [-0.1, -0.05) is 65.6 Å². The molecule has 1 amide bonds. The number of rotatable bonds is 9. The molecule has 0 spiro atoms. The molecule has 0 aliphatic heterocycles. The molecule has 0 aliphatic carbocycles. The zero-order valence-corrected chi connectivity index (χ0v) is 20.3. The zero-order valence-electron chi connectivity index (χ0n) is 17.2. The Hall–Kier alpha value is -1.73. The van der Waals surface area contributed by atoms with Gasteiger partial charge >= 0.3 is 0 Å². The van der Waals surface area contributed by atoms with Gasteiger partial charge in [0.1, 0.15) is 0 Å². The summed E-state index contributed by atoms with van der Waals surface area (Å²) in [4.78, 5) is 12.0. The van der Waals surface area contributed by atoms with Crippen molar-refractivity contribution in [1.82, 2.24) is 20.1 Å². The lowest BCUT2D eigenvalue weighted by Gasteiger charge is -2.12. The lowest BCUT2D eigenvalue weighted by molar-refractivity contribution is -0.121. The molecule has 0 saturated carbocycles. The Morgan fingerprint density at radius 1 is 1.10 bits per heavy atom. The quantitative estimate of drug-likeness (QED) is 0.264. The number of aromatic nitrogens is 3. The average molecular weight is 498 g/mol. The third-order valence-electron chi connectivity index (χ3n) is 4.71. The van der Waals surface area contributed by atoms with Crippen LogP contribution < -0.4 is 5.32 Å². The Bertz CT molecular complexity index is 1060. The number of nitrogens with zero attached hydrogens (tertiary/aromatic N) is 3. The lowest BCUT2D eigenvalue weighted by atomic mass is 10.2. The minimum absolute atomic E-state index is 0.0673. The highest BCUT2D eigenvalue weighted by Gasteiger charge is 2.19. The number of hydrogen-bond donors (Lipinski definition) is 1. The molecular formula is C22H23Cl3N4OS. The third kappa shape index (κ3) is 6.16. The molecule has 1 N–H and O–H groups in total. The first-order chi connectivity index (χ1) is 14.9. The van der Waals surface area contributed by atoms with E-state index in [1.807, 2.05) is 48.7 Å². The van der Waals surface area contributed by atoms with E-state index in [9.17, 15) is 4.79 Å². The summed E-state index contributed by atoms with van der Waals surface area (Å²) in [7, 11) is 0. The van der Waals surface area contributed by atoms with Crippen LogP contribution in [0.4, 0.5) is 0 Å². The van der Waals surface area contributed by atoms with Crippen molar-refractivity contribution in [2.45, 2.75) is 44.3 Å². The van der Waals surface area contributed by atoms with E-state index in [1.54, 1.807) is 12.1 Å². The highest BCUT2D eigenvalue weighted by molar-refractivity contribution is 7.99. The molecule has 2 aromatic carbocycles. The van der Waals surface area contributed by atoms with Crippen LogP contribution in [0.5, 0.6) is 0 Å². The van der Waals surface area contributed by atoms with Gasteiger partial charge in [-0.3, -0.25) is 9.36 Å². The summed E-state index contributed by atoms with van der Waals surface area (Å²) in [6.07, 6.45) is 2.11. The Balaban J connectivity index is 1.83. The molecule has 1 unspecified atom stereocenters. The predicted molar refractivity (Wildman–Crippen MR) is 130 cm³/mol. The molecular weight excluding hydrogens is 475 g/mol.